The lowest BCUT2D eigenvalue weighted by Gasteiger charge is -2.10. The minimum absolute atomic E-state index is 0.633. The van der Waals surface area contributed by atoms with E-state index < -0.39 is 6.10 Å². The minimum Gasteiger partial charge on any atom is -0.495 e. The van der Waals surface area contributed by atoms with E-state index in [1.54, 1.807) is 0 Å². The molecule has 0 radical (unpaired) electrons. The molecule has 2 nitrogen and oxygen atoms in total. The van der Waals surface area contributed by atoms with Crippen molar-refractivity contribution < 1.29 is 9.84 Å². The Bertz CT molecular complexity index is 370. The normalized spacial score (nSPS) is 17.8. The van der Waals surface area contributed by atoms with Crippen LogP contribution in [0.1, 0.15) is 23.0 Å². The van der Waals surface area contributed by atoms with Crippen molar-refractivity contribution in [3.8, 4) is 0 Å². The van der Waals surface area contributed by atoms with Crippen LogP contribution in [0.3, 0.4) is 0 Å². The molecule has 0 bridgehead atoms. The summed E-state index contributed by atoms with van der Waals surface area (Å²) in [5.74, 6) is 0.633. The van der Waals surface area contributed by atoms with Crippen molar-refractivity contribution >= 4 is 22.9 Å². The van der Waals surface area contributed by atoms with Crippen LogP contribution in [0.4, 0.5) is 0 Å². The van der Waals surface area contributed by atoms with Crippen LogP contribution in [0.25, 0.3) is 0 Å². The fourth-order valence-electron chi connectivity index (χ4n) is 1.39. The van der Waals surface area contributed by atoms with Crippen molar-refractivity contribution in [2.45, 2.75) is 19.4 Å². The topological polar surface area (TPSA) is 29.5 Å². The third-order valence-corrected chi connectivity index (χ3v) is 3.94. The van der Waals surface area contributed by atoms with E-state index in [4.69, 9.17) is 16.3 Å². The van der Waals surface area contributed by atoms with E-state index in [9.17, 15) is 5.11 Å². The van der Waals surface area contributed by atoms with Gasteiger partial charge in [-0.05, 0) is 23.9 Å². The highest BCUT2D eigenvalue weighted by atomic mass is 35.5. The number of aryl methyl sites for hydroxylation is 1. The molecule has 1 atom stereocenters. The standard InChI is InChI=1S/C10H11ClO2S/c1-6-5-14-10(8(6)11)9(12)7-3-2-4-13-7/h3,5,9,12H,2,4H2,1H3. The summed E-state index contributed by atoms with van der Waals surface area (Å²) in [5.41, 5.74) is 1.00. The fraction of sp³-hybridized carbons (Fsp3) is 0.400. The highest BCUT2D eigenvalue weighted by Gasteiger charge is 2.22. The first-order chi connectivity index (χ1) is 6.70. The van der Waals surface area contributed by atoms with Gasteiger partial charge in [-0.1, -0.05) is 11.6 Å². The molecule has 0 saturated heterocycles. The van der Waals surface area contributed by atoms with Crippen molar-refractivity contribution in [2.24, 2.45) is 0 Å². The van der Waals surface area contributed by atoms with Gasteiger partial charge in [-0.15, -0.1) is 11.3 Å². The zero-order valence-corrected chi connectivity index (χ0v) is 9.36. The Kier molecular flexibility index (Phi) is 2.81. The second kappa shape index (κ2) is 3.93. The van der Waals surface area contributed by atoms with Crippen LogP contribution in [0.15, 0.2) is 17.2 Å². The summed E-state index contributed by atoms with van der Waals surface area (Å²) in [5, 5.41) is 12.5. The summed E-state index contributed by atoms with van der Waals surface area (Å²) < 4.78 is 5.29. The number of hydrogen-bond donors (Lipinski definition) is 1. The molecule has 4 heteroatoms. The van der Waals surface area contributed by atoms with Crippen LogP contribution in [0.2, 0.25) is 5.02 Å². The number of hydrogen-bond acceptors (Lipinski definition) is 3. The molecular weight excluding hydrogens is 220 g/mol. The molecule has 0 spiro atoms. The van der Waals surface area contributed by atoms with Crippen LogP contribution >= 0.6 is 22.9 Å². The molecule has 1 aliphatic heterocycles. The van der Waals surface area contributed by atoms with Crippen LogP contribution < -0.4 is 0 Å². The van der Waals surface area contributed by atoms with Crippen LogP contribution in [-0.4, -0.2) is 11.7 Å². The Hall–Kier alpha value is -0.510. The maximum atomic E-state index is 9.95. The summed E-state index contributed by atoms with van der Waals surface area (Å²) in [6.07, 6.45) is 2.09. The van der Waals surface area contributed by atoms with E-state index in [-0.39, 0.29) is 0 Å². The van der Waals surface area contributed by atoms with E-state index in [1.807, 2.05) is 18.4 Å². The smallest absolute Gasteiger partial charge is 0.146 e. The first-order valence-electron chi connectivity index (χ1n) is 4.44. The van der Waals surface area contributed by atoms with E-state index in [0.29, 0.717) is 17.4 Å². The summed E-state index contributed by atoms with van der Waals surface area (Å²) in [6, 6.07) is 0. The third-order valence-electron chi connectivity index (χ3n) is 2.18. The van der Waals surface area contributed by atoms with Crippen LogP contribution in [0, 0.1) is 6.92 Å². The fourth-order valence-corrected chi connectivity index (χ4v) is 2.68. The van der Waals surface area contributed by atoms with Crippen LogP contribution in [-0.2, 0) is 4.74 Å². The van der Waals surface area contributed by atoms with Gasteiger partial charge in [-0.2, -0.15) is 0 Å². The van der Waals surface area contributed by atoms with Gasteiger partial charge in [0.15, 0.2) is 0 Å². The molecule has 14 heavy (non-hydrogen) atoms. The monoisotopic (exact) mass is 230 g/mol. The first-order valence-corrected chi connectivity index (χ1v) is 5.70. The van der Waals surface area contributed by atoms with Crippen molar-refractivity contribution in [2.75, 3.05) is 6.61 Å². The molecule has 2 rings (SSSR count). The maximum absolute atomic E-state index is 9.95. The number of aliphatic hydroxyl groups is 1. The zero-order valence-electron chi connectivity index (χ0n) is 7.79. The minimum atomic E-state index is -0.691. The van der Waals surface area contributed by atoms with Gasteiger partial charge in [-0.3, -0.25) is 0 Å². The number of rotatable bonds is 2. The molecule has 1 unspecified atom stereocenters. The SMILES string of the molecule is Cc1csc(C(O)C2=CCCO2)c1Cl. The summed E-state index contributed by atoms with van der Waals surface area (Å²) in [4.78, 5) is 0.775. The van der Waals surface area contributed by atoms with Crippen molar-refractivity contribution in [1.82, 2.24) is 0 Å². The molecule has 0 amide bonds. The molecule has 76 valence electrons. The highest BCUT2D eigenvalue weighted by molar-refractivity contribution is 7.10. The van der Waals surface area contributed by atoms with Gasteiger partial charge in [0.2, 0.25) is 0 Å². The summed E-state index contributed by atoms with van der Waals surface area (Å²) in [7, 11) is 0. The summed E-state index contributed by atoms with van der Waals surface area (Å²) in [6.45, 7) is 2.59. The Morgan fingerprint density at radius 3 is 2.93 bits per heavy atom. The molecule has 0 aliphatic carbocycles. The Labute approximate surface area is 91.8 Å². The number of aliphatic hydroxyl groups excluding tert-OH is 1. The van der Waals surface area contributed by atoms with Crippen molar-refractivity contribution in [1.29, 1.82) is 0 Å². The Morgan fingerprint density at radius 1 is 1.64 bits per heavy atom. The molecule has 1 aliphatic rings. The summed E-state index contributed by atoms with van der Waals surface area (Å²) >= 11 is 7.52. The number of halogens is 1. The molecule has 0 aromatic carbocycles. The Balaban J connectivity index is 2.26. The van der Waals surface area contributed by atoms with Crippen LogP contribution in [0.5, 0.6) is 0 Å². The van der Waals surface area contributed by atoms with Crippen molar-refractivity contribution in [3.05, 3.63) is 32.7 Å². The number of ether oxygens (including phenoxy) is 1. The van der Waals surface area contributed by atoms with Gasteiger partial charge in [-0.25, -0.2) is 0 Å². The largest absolute Gasteiger partial charge is 0.495 e. The first kappa shape index (κ1) is 10.0. The quantitative estimate of drug-likeness (QED) is 0.846. The second-order valence-electron chi connectivity index (χ2n) is 3.24. The maximum Gasteiger partial charge on any atom is 0.146 e. The molecule has 0 fully saturated rings. The molecular formula is C10H11ClO2S. The van der Waals surface area contributed by atoms with E-state index in [0.717, 1.165) is 16.9 Å². The molecule has 0 saturated carbocycles. The third kappa shape index (κ3) is 1.67. The van der Waals surface area contributed by atoms with Gasteiger partial charge in [0.05, 0.1) is 16.5 Å². The van der Waals surface area contributed by atoms with E-state index in [1.165, 1.54) is 11.3 Å². The Morgan fingerprint density at radius 2 is 2.43 bits per heavy atom. The lowest BCUT2D eigenvalue weighted by atomic mass is 10.2. The molecule has 1 N–H and O–H groups in total. The van der Waals surface area contributed by atoms with Gasteiger partial charge < -0.3 is 9.84 Å². The number of thiophene rings is 1. The van der Waals surface area contributed by atoms with E-state index in [2.05, 4.69) is 0 Å². The van der Waals surface area contributed by atoms with Gasteiger partial charge in [0, 0.05) is 6.42 Å². The van der Waals surface area contributed by atoms with E-state index >= 15 is 0 Å². The van der Waals surface area contributed by atoms with Gasteiger partial charge in [0.25, 0.3) is 0 Å². The second-order valence-corrected chi connectivity index (χ2v) is 4.53. The van der Waals surface area contributed by atoms with Gasteiger partial charge >= 0.3 is 0 Å². The molecule has 2 heterocycles. The average Bonchev–Trinajstić information content (AvgIpc) is 2.77. The molecule has 1 aromatic heterocycles. The predicted molar refractivity (Wildman–Crippen MR) is 57.7 cm³/mol. The lowest BCUT2D eigenvalue weighted by molar-refractivity contribution is 0.121. The average molecular weight is 231 g/mol. The van der Waals surface area contributed by atoms with Crippen molar-refractivity contribution in [3.63, 3.8) is 0 Å². The highest BCUT2D eigenvalue weighted by Crippen LogP contribution is 2.37. The lowest BCUT2D eigenvalue weighted by Crippen LogP contribution is -2.00. The molecule has 1 aromatic rings. The zero-order chi connectivity index (χ0) is 10.1. The predicted octanol–water partition coefficient (Wildman–Crippen LogP) is 3.05. The van der Waals surface area contributed by atoms with Gasteiger partial charge in [0.1, 0.15) is 11.9 Å².